The third-order valence-electron chi connectivity index (χ3n) is 2.43. The molecule has 20 heavy (non-hydrogen) atoms. The summed E-state index contributed by atoms with van der Waals surface area (Å²) in [6.45, 7) is 2.22. The van der Waals surface area contributed by atoms with Gasteiger partial charge in [0.15, 0.2) is 5.82 Å². The van der Waals surface area contributed by atoms with Gasteiger partial charge in [0.25, 0.3) is 0 Å². The van der Waals surface area contributed by atoms with E-state index in [1.807, 2.05) is 0 Å². The number of nitrogens with zero attached hydrogens (tertiary/aromatic N) is 5. The second kappa shape index (κ2) is 6.47. The van der Waals surface area contributed by atoms with Crippen molar-refractivity contribution in [2.45, 2.75) is 6.92 Å². The van der Waals surface area contributed by atoms with E-state index in [1.54, 1.807) is 48.2 Å². The van der Waals surface area contributed by atoms with Crippen LogP contribution in [0.25, 0.3) is 5.82 Å². The fraction of sp³-hybridized carbons (Fsp3) is 0.333. The average Bonchev–Trinajstić information content (AvgIpc) is 2.86. The van der Waals surface area contributed by atoms with Crippen LogP contribution < -0.4 is 4.90 Å². The van der Waals surface area contributed by atoms with Gasteiger partial charge in [-0.3, -0.25) is 4.79 Å². The van der Waals surface area contributed by atoms with Gasteiger partial charge in [0.1, 0.15) is 6.54 Å². The van der Waals surface area contributed by atoms with Crippen molar-refractivity contribution in [2.75, 3.05) is 25.1 Å². The first kappa shape index (κ1) is 14.4. The summed E-state index contributed by atoms with van der Waals surface area (Å²) in [5.41, 5.74) is 0. The molecule has 0 aliphatic carbocycles. The van der Waals surface area contributed by atoms with Crippen LogP contribution in [0.5, 0.6) is 0 Å². The third kappa shape index (κ3) is 3.53. The van der Waals surface area contributed by atoms with Gasteiger partial charge >= 0.3 is 5.97 Å². The number of hydrogen-bond donors (Lipinski definition) is 0. The molecule has 0 unspecified atom stereocenters. The van der Waals surface area contributed by atoms with Gasteiger partial charge in [-0.05, 0) is 22.9 Å². The maximum atomic E-state index is 11.4. The van der Waals surface area contributed by atoms with Crippen LogP contribution >= 0.6 is 15.9 Å². The van der Waals surface area contributed by atoms with Crippen molar-refractivity contribution in [1.29, 1.82) is 0 Å². The number of rotatable bonds is 5. The van der Waals surface area contributed by atoms with Crippen LogP contribution in [0.4, 0.5) is 5.95 Å². The Balaban J connectivity index is 2.15. The fourth-order valence-electron chi connectivity index (χ4n) is 1.55. The number of likely N-dealkylation sites (N-methyl/N-ethyl adjacent to an activating group) is 1. The zero-order valence-corrected chi connectivity index (χ0v) is 12.7. The van der Waals surface area contributed by atoms with Crippen LogP contribution in [0.1, 0.15) is 6.92 Å². The van der Waals surface area contributed by atoms with Gasteiger partial charge < -0.3 is 9.64 Å². The van der Waals surface area contributed by atoms with E-state index in [2.05, 4.69) is 31.0 Å². The van der Waals surface area contributed by atoms with E-state index in [4.69, 9.17) is 4.74 Å². The number of aromatic nitrogens is 4. The van der Waals surface area contributed by atoms with Crippen molar-refractivity contribution in [2.24, 2.45) is 0 Å². The molecule has 0 saturated heterocycles. The Hall–Kier alpha value is -1.96. The average molecular weight is 340 g/mol. The second-order valence-corrected chi connectivity index (χ2v) is 4.89. The highest BCUT2D eigenvalue weighted by Gasteiger charge is 2.11. The van der Waals surface area contributed by atoms with Gasteiger partial charge in [0, 0.05) is 25.5 Å². The van der Waals surface area contributed by atoms with Gasteiger partial charge in [-0.15, -0.1) is 0 Å². The Kier molecular flexibility index (Phi) is 4.67. The summed E-state index contributed by atoms with van der Waals surface area (Å²) in [5.74, 6) is 0.740. The standard InChI is InChI=1S/C12H14BrN5O2/c1-3-20-11(19)8-17(2)12-14-5-4-10(16-12)18-7-9(13)6-15-18/h4-7H,3,8H2,1-2H3. The molecular formula is C12H14BrN5O2. The number of ether oxygens (including phenoxy) is 1. The number of hydrogen-bond acceptors (Lipinski definition) is 6. The highest BCUT2D eigenvalue weighted by atomic mass is 79.9. The molecule has 0 spiro atoms. The lowest BCUT2D eigenvalue weighted by atomic mass is 10.5. The summed E-state index contributed by atoms with van der Waals surface area (Å²) in [4.78, 5) is 21.6. The van der Waals surface area contributed by atoms with Crippen molar-refractivity contribution in [3.63, 3.8) is 0 Å². The van der Waals surface area contributed by atoms with E-state index >= 15 is 0 Å². The molecule has 7 nitrogen and oxygen atoms in total. The summed E-state index contributed by atoms with van der Waals surface area (Å²) >= 11 is 3.33. The number of halogens is 1. The first-order valence-corrected chi connectivity index (χ1v) is 6.79. The van der Waals surface area contributed by atoms with Gasteiger partial charge in [-0.1, -0.05) is 0 Å². The summed E-state index contributed by atoms with van der Waals surface area (Å²) in [5, 5.41) is 4.15. The fourth-order valence-corrected chi connectivity index (χ4v) is 1.83. The minimum absolute atomic E-state index is 0.0973. The zero-order chi connectivity index (χ0) is 14.5. The van der Waals surface area contributed by atoms with Crippen LogP contribution in [-0.4, -0.2) is 45.9 Å². The van der Waals surface area contributed by atoms with Crippen LogP contribution in [0.15, 0.2) is 29.1 Å². The molecule has 0 saturated carbocycles. The van der Waals surface area contributed by atoms with Gasteiger partial charge in [-0.25, -0.2) is 9.67 Å². The molecule has 8 heteroatoms. The van der Waals surface area contributed by atoms with E-state index in [-0.39, 0.29) is 12.5 Å². The van der Waals surface area contributed by atoms with Crippen molar-refractivity contribution in [3.8, 4) is 5.82 Å². The quantitative estimate of drug-likeness (QED) is 0.767. The summed E-state index contributed by atoms with van der Waals surface area (Å²) in [6, 6.07) is 1.74. The first-order valence-electron chi connectivity index (χ1n) is 6.00. The Morgan fingerprint density at radius 2 is 2.35 bits per heavy atom. The van der Waals surface area contributed by atoms with E-state index in [9.17, 15) is 4.79 Å². The molecule has 2 heterocycles. The van der Waals surface area contributed by atoms with Gasteiger partial charge in [-0.2, -0.15) is 10.1 Å². The lowest BCUT2D eigenvalue weighted by Gasteiger charge is -2.16. The molecule has 0 atom stereocenters. The maximum Gasteiger partial charge on any atom is 0.325 e. The minimum atomic E-state index is -0.314. The number of carbonyl (C=O) groups excluding carboxylic acids is 1. The maximum absolute atomic E-state index is 11.4. The zero-order valence-electron chi connectivity index (χ0n) is 11.2. The van der Waals surface area contributed by atoms with Crippen LogP contribution in [0, 0.1) is 0 Å². The summed E-state index contributed by atoms with van der Waals surface area (Å²) in [6.07, 6.45) is 5.08. The molecule has 0 fully saturated rings. The molecule has 0 N–H and O–H groups in total. The molecule has 0 aliphatic heterocycles. The SMILES string of the molecule is CCOC(=O)CN(C)c1nccc(-n2cc(Br)cn2)n1. The van der Waals surface area contributed by atoms with E-state index < -0.39 is 0 Å². The third-order valence-corrected chi connectivity index (χ3v) is 2.84. The Labute approximate surface area is 124 Å². The Morgan fingerprint density at radius 1 is 1.55 bits per heavy atom. The molecule has 2 rings (SSSR count). The van der Waals surface area contributed by atoms with E-state index in [0.29, 0.717) is 18.4 Å². The van der Waals surface area contributed by atoms with Gasteiger partial charge in [0.05, 0.1) is 17.3 Å². The monoisotopic (exact) mass is 339 g/mol. The predicted octanol–water partition coefficient (Wildman–Crippen LogP) is 1.42. The van der Waals surface area contributed by atoms with Crippen molar-refractivity contribution < 1.29 is 9.53 Å². The molecule has 2 aromatic heterocycles. The van der Waals surface area contributed by atoms with Crippen molar-refractivity contribution >= 4 is 27.8 Å². The predicted molar refractivity (Wildman–Crippen MR) is 76.8 cm³/mol. The lowest BCUT2D eigenvalue weighted by Crippen LogP contribution is -2.28. The minimum Gasteiger partial charge on any atom is -0.465 e. The molecule has 0 aromatic carbocycles. The second-order valence-electron chi connectivity index (χ2n) is 3.98. The number of carbonyl (C=O) groups is 1. The van der Waals surface area contributed by atoms with Crippen molar-refractivity contribution in [3.05, 3.63) is 29.1 Å². The summed E-state index contributed by atoms with van der Waals surface area (Å²) < 4.78 is 7.37. The Bertz CT molecular complexity index is 601. The molecule has 106 valence electrons. The Morgan fingerprint density at radius 3 is 3.00 bits per heavy atom. The van der Waals surface area contributed by atoms with Crippen molar-refractivity contribution in [1.82, 2.24) is 19.7 Å². The largest absolute Gasteiger partial charge is 0.465 e. The topological polar surface area (TPSA) is 73.1 Å². The molecule has 0 amide bonds. The number of esters is 1. The summed E-state index contributed by atoms with van der Waals surface area (Å²) in [7, 11) is 1.73. The first-order chi connectivity index (χ1) is 9.60. The normalized spacial score (nSPS) is 10.3. The lowest BCUT2D eigenvalue weighted by molar-refractivity contribution is -0.141. The van der Waals surface area contributed by atoms with Crippen LogP contribution in [-0.2, 0) is 9.53 Å². The van der Waals surface area contributed by atoms with Gasteiger partial charge in [0.2, 0.25) is 5.95 Å². The molecule has 0 bridgehead atoms. The molecule has 0 aliphatic rings. The van der Waals surface area contributed by atoms with Crippen LogP contribution in [0.2, 0.25) is 0 Å². The highest BCUT2D eigenvalue weighted by molar-refractivity contribution is 9.10. The highest BCUT2D eigenvalue weighted by Crippen LogP contribution is 2.12. The number of anilines is 1. The molecule has 2 aromatic rings. The van der Waals surface area contributed by atoms with Crippen LogP contribution in [0.3, 0.4) is 0 Å². The molecular weight excluding hydrogens is 326 g/mol. The van der Waals surface area contributed by atoms with E-state index in [0.717, 1.165) is 4.47 Å². The molecule has 0 radical (unpaired) electrons. The smallest absolute Gasteiger partial charge is 0.325 e. The van der Waals surface area contributed by atoms with E-state index in [1.165, 1.54) is 0 Å².